The molecule has 1 aromatic heterocycles. The fourth-order valence-electron chi connectivity index (χ4n) is 1.92. The average molecular weight is 236 g/mol. The number of nitrogens with two attached hydrogens (primary N) is 1. The third-order valence-electron chi connectivity index (χ3n) is 2.78. The Balaban J connectivity index is 2.78. The second kappa shape index (κ2) is 4.26. The summed E-state index contributed by atoms with van der Waals surface area (Å²) in [6, 6.07) is 4.12. The van der Waals surface area contributed by atoms with Crippen molar-refractivity contribution in [2.24, 2.45) is 0 Å². The normalized spacial score (nSPS) is 10.9. The third-order valence-corrected chi connectivity index (χ3v) is 2.95. The Labute approximate surface area is 99.7 Å². The van der Waals surface area contributed by atoms with Crippen molar-refractivity contribution in [1.82, 2.24) is 9.97 Å². The second-order valence-electron chi connectivity index (χ2n) is 3.72. The van der Waals surface area contributed by atoms with Crippen molar-refractivity contribution in [2.45, 2.75) is 26.7 Å². The molecule has 0 aliphatic rings. The summed E-state index contributed by atoms with van der Waals surface area (Å²) in [5, 5.41) is 1.09. The van der Waals surface area contributed by atoms with E-state index in [1.54, 1.807) is 0 Å². The van der Waals surface area contributed by atoms with Gasteiger partial charge in [-0.3, -0.25) is 0 Å². The van der Waals surface area contributed by atoms with Gasteiger partial charge in [-0.05, 0) is 47.7 Å². The van der Waals surface area contributed by atoms with Crippen LogP contribution in [0.1, 0.15) is 25.0 Å². The van der Waals surface area contributed by atoms with E-state index in [9.17, 15) is 0 Å². The van der Waals surface area contributed by atoms with E-state index in [1.165, 1.54) is 11.1 Å². The van der Waals surface area contributed by atoms with Gasteiger partial charge in [-0.2, -0.15) is 0 Å². The molecule has 1 aromatic carbocycles. The Hall–Kier alpha value is -1.35. The highest BCUT2D eigenvalue weighted by Crippen LogP contribution is 2.24. The van der Waals surface area contributed by atoms with Gasteiger partial charge in [0.15, 0.2) is 0 Å². The molecule has 0 atom stereocenters. The maximum absolute atomic E-state index is 5.84. The number of hydrogen-bond acceptors (Lipinski definition) is 3. The zero-order valence-corrected chi connectivity index (χ0v) is 10.2. The van der Waals surface area contributed by atoms with Gasteiger partial charge in [-0.1, -0.05) is 13.8 Å². The lowest BCUT2D eigenvalue weighted by Gasteiger charge is -2.09. The van der Waals surface area contributed by atoms with Gasteiger partial charge in [0.2, 0.25) is 5.28 Å². The largest absolute Gasteiger partial charge is 0.383 e. The summed E-state index contributed by atoms with van der Waals surface area (Å²) in [4.78, 5) is 8.16. The summed E-state index contributed by atoms with van der Waals surface area (Å²) < 4.78 is 0. The van der Waals surface area contributed by atoms with E-state index in [4.69, 9.17) is 17.3 Å². The van der Waals surface area contributed by atoms with Crippen LogP contribution in [0.3, 0.4) is 0 Å². The van der Waals surface area contributed by atoms with E-state index in [0.717, 1.165) is 23.7 Å². The first-order chi connectivity index (χ1) is 7.65. The lowest BCUT2D eigenvalue weighted by Crippen LogP contribution is -1.98. The predicted molar refractivity (Wildman–Crippen MR) is 67.7 cm³/mol. The van der Waals surface area contributed by atoms with E-state index < -0.39 is 0 Å². The molecule has 0 radical (unpaired) electrons. The molecule has 2 N–H and O–H groups in total. The van der Waals surface area contributed by atoms with Crippen LogP contribution in [-0.4, -0.2) is 9.97 Å². The number of benzene rings is 1. The van der Waals surface area contributed by atoms with Gasteiger partial charge in [0.05, 0.1) is 5.52 Å². The Kier molecular flexibility index (Phi) is 2.97. The van der Waals surface area contributed by atoms with Crippen LogP contribution in [0.25, 0.3) is 10.9 Å². The Morgan fingerprint density at radius 3 is 2.38 bits per heavy atom. The minimum absolute atomic E-state index is 0.205. The zero-order chi connectivity index (χ0) is 11.7. The molecule has 0 unspecified atom stereocenters. The van der Waals surface area contributed by atoms with Gasteiger partial charge in [0.25, 0.3) is 0 Å². The van der Waals surface area contributed by atoms with Crippen molar-refractivity contribution in [3.05, 3.63) is 28.5 Å². The van der Waals surface area contributed by atoms with Gasteiger partial charge in [-0.15, -0.1) is 0 Å². The first-order valence-corrected chi connectivity index (χ1v) is 5.78. The molecular weight excluding hydrogens is 222 g/mol. The average Bonchev–Trinajstić information content (AvgIpc) is 2.27. The van der Waals surface area contributed by atoms with Crippen molar-refractivity contribution in [2.75, 3.05) is 5.73 Å². The summed E-state index contributed by atoms with van der Waals surface area (Å²) in [7, 11) is 0. The van der Waals surface area contributed by atoms with Crippen molar-refractivity contribution < 1.29 is 0 Å². The topological polar surface area (TPSA) is 51.8 Å². The standard InChI is InChI=1S/C12H14ClN3/c1-3-7-5-9-10(6-8(7)4-2)15-12(13)16-11(9)14/h5-6H,3-4H2,1-2H3,(H2,14,15,16). The minimum atomic E-state index is 0.205. The molecule has 2 aromatic rings. The molecule has 0 amide bonds. The van der Waals surface area contributed by atoms with Crippen LogP contribution in [0, 0.1) is 0 Å². The molecule has 3 nitrogen and oxygen atoms in total. The van der Waals surface area contributed by atoms with Crippen molar-refractivity contribution >= 4 is 28.3 Å². The first-order valence-electron chi connectivity index (χ1n) is 5.40. The zero-order valence-electron chi connectivity index (χ0n) is 9.42. The summed E-state index contributed by atoms with van der Waals surface area (Å²) in [6.07, 6.45) is 1.97. The Morgan fingerprint density at radius 1 is 1.12 bits per heavy atom. The minimum Gasteiger partial charge on any atom is -0.383 e. The summed E-state index contributed by atoms with van der Waals surface area (Å²) in [5.74, 6) is 0.451. The van der Waals surface area contributed by atoms with Crippen LogP contribution < -0.4 is 5.73 Å². The maximum atomic E-state index is 5.84. The number of halogens is 1. The predicted octanol–water partition coefficient (Wildman–Crippen LogP) is 2.99. The van der Waals surface area contributed by atoms with Crippen LogP contribution in [0.15, 0.2) is 12.1 Å². The summed E-state index contributed by atoms with van der Waals surface area (Å²) in [5.41, 5.74) is 9.26. The number of hydrogen-bond donors (Lipinski definition) is 1. The first kappa shape index (κ1) is 11.1. The highest BCUT2D eigenvalue weighted by Gasteiger charge is 2.07. The molecular formula is C12H14ClN3. The molecule has 2 rings (SSSR count). The molecule has 0 saturated heterocycles. The molecule has 0 aliphatic carbocycles. The van der Waals surface area contributed by atoms with E-state index >= 15 is 0 Å². The number of aryl methyl sites for hydroxylation is 2. The molecule has 0 aliphatic heterocycles. The SMILES string of the molecule is CCc1cc2nc(Cl)nc(N)c2cc1CC. The fraction of sp³-hybridized carbons (Fsp3) is 0.333. The van der Waals surface area contributed by atoms with Gasteiger partial charge >= 0.3 is 0 Å². The van der Waals surface area contributed by atoms with Crippen LogP contribution in [0.4, 0.5) is 5.82 Å². The molecule has 0 fully saturated rings. The molecule has 4 heteroatoms. The number of aromatic nitrogens is 2. The second-order valence-corrected chi connectivity index (χ2v) is 4.06. The van der Waals surface area contributed by atoms with E-state index in [0.29, 0.717) is 5.82 Å². The molecule has 16 heavy (non-hydrogen) atoms. The molecule has 0 spiro atoms. The van der Waals surface area contributed by atoms with Crippen LogP contribution in [0.5, 0.6) is 0 Å². The highest BCUT2D eigenvalue weighted by atomic mass is 35.5. The summed E-state index contributed by atoms with van der Waals surface area (Å²) >= 11 is 5.79. The number of nitrogen functional groups attached to an aromatic ring is 1. The lowest BCUT2D eigenvalue weighted by atomic mass is 10.0. The number of anilines is 1. The lowest BCUT2D eigenvalue weighted by molar-refractivity contribution is 1.04. The number of rotatable bonds is 2. The Bertz CT molecular complexity index is 537. The van der Waals surface area contributed by atoms with Gasteiger partial charge in [0.1, 0.15) is 5.82 Å². The van der Waals surface area contributed by atoms with Gasteiger partial charge < -0.3 is 5.73 Å². The van der Waals surface area contributed by atoms with E-state index in [2.05, 4.69) is 35.9 Å². The monoisotopic (exact) mass is 235 g/mol. The van der Waals surface area contributed by atoms with Crippen molar-refractivity contribution in [1.29, 1.82) is 0 Å². The summed E-state index contributed by atoms with van der Waals surface area (Å²) in [6.45, 7) is 4.26. The maximum Gasteiger partial charge on any atom is 0.224 e. The van der Waals surface area contributed by atoms with Crippen LogP contribution >= 0.6 is 11.6 Å². The third kappa shape index (κ3) is 1.83. The van der Waals surface area contributed by atoms with Crippen molar-refractivity contribution in [3.63, 3.8) is 0 Å². The van der Waals surface area contributed by atoms with Crippen LogP contribution in [-0.2, 0) is 12.8 Å². The fourth-order valence-corrected chi connectivity index (χ4v) is 2.10. The molecule has 0 bridgehead atoms. The molecule has 1 heterocycles. The van der Waals surface area contributed by atoms with Gasteiger partial charge in [-0.25, -0.2) is 9.97 Å². The molecule has 84 valence electrons. The number of fused-ring (bicyclic) bond motifs is 1. The smallest absolute Gasteiger partial charge is 0.224 e. The Morgan fingerprint density at radius 2 is 1.75 bits per heavy atom. The highest BCUT2D eigenvalue weighted by molar-refractivity contribution is 6.28. The van der Waals surface area contributed by atoms with E-state index in [1.807, 2.05) is 0 Å². The number of nitrogens with zero attached hydrogens (tertiary/aromatic N) is 2. The van der Waals surface area contributed by atoms with Crippen LogP contribution in [0.2, 0.25) is 5.28 Å². The molecule has 0 saturated carbocycles. The van der Waals surface area contributed by atoms with Crippen molar-refractivity contribution in [3.8, 4) is 0 Å². The van der Waals surface area contributed by atoms with Gasteiger partial charge in [0, 0.05) is 5.39 Å². The van der Waals surface area contributed by atoms with E-state index in [-0.39, 0.29) is 5.28 Å². The quantitative estimate of drug-likeness (QED) is 0.815.